The van der Waals surface area contributed by atoms with Crippen molar-refractivity contribution in [2.24, 2.45) is 4.99 Å². The summed E-state index contributed by atoms with van der Waals surface area (Å²) in [4.78, 5) is 19.6. The Hall–Kier alpha value is -3.97. The van der Waals surface area contributed by atoms with Crippen LogP contribution in [0.1, 0.15) is 40.3 Å². The summed E-state index contributed by atoms with van der Waals surface area (Å²) in [6, 6.07) is 27.4. The van der Waals surface area contributed by atoms with E-state index in [4.69, 9.17) is 32.9 Å². The average molecular weight is 614 g/mol. The van der Waals surface area contributed by atoms with Crippen molar-refractivity contribution in [3.63, 3.8) is 0 Å². The molecule has 4 aromatic carbocycles. The summed E-state index contributed by atoms with van der Waals surface area (Å²) in [5, 5.41) is 0.991. The molecule has 0 fully saturated rings. The third kappa shape index (κ3) is 5.00. The minimum atomic E-state index is -0.343. The zero-order valence-corrected chi connectivity index (χ0v) is 24.5. The second-order valence-corrected chi connectivity index (χ2v) is 12.1. The second-order valence-electron chi connectivity index (χ2n) is 10.3. The lowest BCUT2D eigenvalue weighted by atomic mass is 9.83. The lowest BCUT2D eigenvalue weighted by Gasteiger charge is -2.30. The number of allylic oxidation sites excluding steroid dienone is 1. The van der Waals surface area contributed by atoms with E-state index >= 15 is 0 Å². The summed E-state index contributed by atoms with van der Waals surface area (Å²) in [5.41, 5.74) is 6.89. The smallest absolute Gasteiger partial charge is 0.271 e. The Balaban J connectivity index is 1.25. The van der Waals surface area contributed by atoms with Crippen LogP contribution in [0.25, 0.3) is 11.8 Å². The molecule has 1 aromatic heterocycles. The molecule has 208 valence electrons. The van der Waals surface area contributed by atoms with Crippen LogP contribution >= 0.6 is 34.5 Å². The highest BCUT2D eigenvalue weighted by atomic mass is 35.5. The molecule has 2 heterocycles. The molecule has 0 saturated heterocycles. The van der Waals surface area contributed by atoms with E-state index in [0.717, 1.165) is 46.4 Å². The molecule has 0 bridgehead atoms. The molecule has 42 heavy (non-hydrogen) atoms. The number of halogens is 3. The number of rotatable bonds is 5. The third-order valence-electron chi connectivity index (χ3n) is 7.63. The fourth-order valence-corrected chi connectivity index (χ4v) is 6.90. The number of ether oxygens (including phenoxy) is 1. The van der Waals surface area contributed by atoms with Crippen LogP contribution in [-0.2, 0) is 13.0 Å². The van der Waals surface area contributed by atoms with Gasteiger partial charge in [-0.15, -0.1) is 0 Å². The Bertz CT molecular complexity index is 2050. The Morgan fingerprint density at radius 1 is 0.952 bits per heavy atom. The molecule has 1 aliphatic heterocycles. The van der Waals surface area contributed by atoms with Crippen LogP contribution in [0.15, 0.2) is 106 Å². The Morgan fingerprint density at radius 2 is 1.74 bits per heavy atom. The summed E-state index contributed by atoms with van der Waals surface area (Å²) >= 11 is 13.5. The van der Waals surface area contributed by atoms with Crippen molar-refractivity contribution in [3.8, 4) is 5.75 Å². The predicted octanol–water partition coefficient (Wildman–Crippen LogP) is 7.34. The SMILES string of the molecule is O=c1/c(=C/c2ccc(OCc3ccc(Cl)c(Cl)c3)cc2)sc2n1[C@H](c1ccc(F)cc1)C1=C(N=2)c2ccccc2CC1. The van der Waals surface area contributed by atoms with Gasteiger partial charge in [-0.25, -0.2) is 9.38 Å². The van der Waals surface area contributed by atoms with Crippen molar-refractivity contribution >= 4 is 46.3 Å². The highest BCUT2D eigenvalue weighted by Gasteiger charge is 2.32. The summed E-state index contributed by atoms with van der Waals surface area (Å²) in [7, 11) is 0. The minimum Gasteiger partial charge on any atom is -0.489 e. The average Bonchev–Trinajstić information content (AvgIpc) is 3.32. The molecule has 0 saturated carbocycles. The van der Waals surface area contributed by atoms with Crippen LogP contribution in [-0.4, -0.2) is 4.57 Å². The molecule has 1 aliphatic carbocycles. The van der Waals surface area contributed by atoms with Gasteiger partial charge in [-0.3, -0.25) is 9.36 Å². The summed E-state index contributed by atoms with van der Waals surface area (Å²) in [5.74, 6) is 0.390. The summed E-state index contributed by atoms with van der Waals surface area (Å²) < 4.78 is 22.1. The van der Waals surface area contributed by atoms with Gasteiger partial charge in [-0.05, 0) is 83.1 Å². The predicted molar refractivity (Wildman–Crippen MR) is 166 cm³/mol. The third-order valence-corrected chi connectivity index (χ3v) is 9.35. The first-order chi connectivity index (χ1) is 20.4. The van der Waals surface area contributed by atoms with Crippen LogP contribution in [0.3, 0.4) is 0 Å². The van der Waals surface area contributed by atoms with E-state index in [2.05, 4.69) is 12.1 Å². The molecule has 4 nitrogen and oxygen atoms in total. The molecule has 8 heteroatoms. The molecule has 7 rings (SSSR count). The zero-order valence-electron chi connectivity index (χ0n) is 22.2. The van der Waals surface area contributed by atoms with Gasteiger partial charge >= 0.3 is 0 Å². The number of thiazole rings is 1. The van der Waals surface area contributed by atoms with Crippen molar-refractivity contribution in [3.05, 3.63) is 160 Å². The number of aromatic nitrogens is 1. The molecule has 2 aliphatic rings. The van der Waals surface area contributed by atoms with E-state index in [9.17, 15) is 9.18 Å². The van der Waals surface area contributed by atoms with Gasteiger partial charge in [-0.1, -0.05) is 89.1 Å². The van der Waals surface area contributed by atoms with Crippen molar-refractivity contribution in [1.82, 2.24) is 4.57 Å². The molecule has 0 unspecified atom stereocenters. The van der Waals surface area contributed by atoms with E-state index in [0.29, 0.717) is 31.7 Å². The van der Waals surface area contributed by atoms with Crippen molar-refractivity contribution in [1.29, 1.82) is 0 Å². The van der Waals surface area contributed by atoms with E-state index in [-0.39, 0.29) is 17.4 Å². The normalized spacial score (nSPS) is 16.0. The van der Waals surface area contributed by atoms with E-state index < -0.39 is 0 Å². The monoisotopic (exact) mass is 612 g/mol. The van der Waals surface area contributed by atoms with Gasteiger partial charge in [-0.2, -0.15) is 0 Å². The molecular weight excluding hydrogens is 590 g/mol. The van der Waals surface area contributed by atoms with E-state index in [1.165, 1.54) is 29.0 Å². The van der Waals surface area contributed by atoms with Gasteiger partial charge < -0.3 is 4.74 Å². The number of benzene rings is 4. The number of fused-ring (bicyclic) bond motifs is 3. The molecule has 1 atom stereocenters. The van der Waals surface area contributed by atoms with Gasteiger partial charge in [0.1, 0.15) is 18.2 Å². The molecule has 0 N–H and O–H groups in total. The maximum atomic E-state index is 13.9. The molecule has 0 spiro atoms. The maximum Gasteiger partial charge on any atom is 0.271 e. The lowest BCUT2D eigenvalue weighted by molar-refractivity contribution is 0.306. The number of hydrogen-bond acceptors (Lipinski definition) is 4. The first kappa shape index (κ1) is 26.9. The Labute approximate surface area is 255 Å². The van der Waals surface area contributed by atoms with Gasteiger partial charge in [0.2, 0.25) is 0 Å². The summed E-state index contributed by atoms with van der Waals surface area (Å²) in [6.45, 7) is 0.353. The van der Waals surface area contributed by atoms with Crippen molar-refractivity contribution in [2.75, 3.05) is 0 Å². The molecular formula is C34H23Cl2FN2O2S. The van der Waals surface area contributed by atoms with E-state index in [1.807, 2.05) is 48.5 Å². The molecule has 0 radical (unpaired) electrons. The number of nitrogens with zero attached hydrogens (tertiary/aromatic N) is 2. The van der Waals surface area contributed by atoms with Crippen LogP contribution in [0.4, 0.5) is 4.39 Å². The van der Waals surface area contributed by atoms with Crippen LogP contribution in [0.2, 0.25) is 10.0 Å². The second kappa shape index (κ2) is 11.0. The minimum absolute atomic E-state index is 0.113. The van der Waals surface area contributed by atoms with Gasteiger partial charge in [0.25, 0.3) is 5.56 Å². The zero-order chi connectivity index (χ0) is 28.8. The van der Waals surface area contributed by atoms with Gasteiger partial charge in [0.05, 0.1) is 26.3 Å². The fraction of sp³-hybridized carbons (Fsp3) is 0.118. The first-order valence-corrected chi connectivity index (χ1v) is 15.1. The number of hydrogen-bond donors (Lipinski definition) is 0. The standard InChI is InChI=1S/C34H23Cl2FN2O2S/c35-28-16-7-21(17-29(28)36)19-41-25-13-5-20(6-14-25)18-30-33(40)39-32(23-8-11-24(37)12-9-23)27-15-10-22-3-1-2-4-26(22)31(27)38-34(39)42-30/h1-9,11-14,16-18,32H,10,15,19H2/b30-18-/t32-/m1/s1. The largest absolute Gasteiger partial charge is 0.489 e. The van der Waals surface area contributed by atoms with Gasteiger partial charge in [0, 0.05) is 5.56 Å². The van der Waals surface area contributed by atoms with Crippen molar-refractivity contribution in [2.45, 2.75) is 25.5 Å². The quantitative estimate of drug-likeness (QED) is 0.208. The summed E-state index contributed by atoms with van der Waals surface area (Å²) in [6.07, 6.45) is 3.53. The Kier molecular flexibility index (Phi) is 7.06. The first-order valence-electron chi connectivity index (χ1n) is 13.5. The topological polar surface area (TPSA) is 43.6 Å². The van der Waals surface area contributed by atoms with Gasteiger partial charge in [0.15, 0.2) is 4.80 Å². The highest BCUT2D eigenvalue weighted by molar-refractivity contribution is 7.07. The maximum absolute atomic E-state index is 13.9. The van der Waals surface area contributed by atoms with E-state index in [1.54, 1.807) is 28.8 Å². The highest BCUT2D eigenvalue weighted by Crippen LogP contribution is 2.41. The van der Waals surface area contributed by atoms with Crippen LogP contribution in [0, 0.1) is 5.82 Å². The van der Waals surface area contributed by atoms with Crippen LogP contribution in [0.5, 0.6) is 5.75 Å². The fourth-order valence-electron chi connectivity index (χ4n) is 5.58. The molecule has 0 amide bonds. The van der Waals surface area contributed by atoms with Crippen molar-refractivity contribution < 1.29 is 9.13 Å². The number of aryl methyl sites for hydroxylation is 1. The Morgan fingerprint density at radius 3 is 2.52 bits per heavy atom. The molecule has 5 aromatic rings. The lowest BCUT2D eigenvalue weighted by Crippen LogP contribution is -2.38. The van der Waals surface area contributed by atoms with Crippen LogP contribution < -0.4 is 19.6 Å².